The van der Waals surface area contributed by atoms with Crippen LogP contribution in [0.25, 0.3) is 0 Å². The van der Waals surface area contributed by atoms with Crippen molar-refractivity contribution in [3.63, 3.8) is 0 Å². The molecule has 10 nitrogen and oxygen atoms in total. The molecule has 0 amide bonds. The van der Waals surface area contributed by atoms with Crippen LogP contribution in [-0.2, 0) is 14.2 Å². The minimum atomic E-state index is -1.69. The standard InChI is InChI=1S/C12H22O10/c1-3-5(14)7(16)9(18)12(20-3)22-10-8(17)6(15)4(2-13)21-11(10)19/h3-19H,2H2,1H3/t3-,4+,5+,6-,7+,8-,9-,10+,11+,12+/m0/s1. The van der Waals surface area contributed by atoms with Gasteiger partial charge in [-0.3, -0.25) is 0 Å². The van der Waals surface area contributed by atoms with Crippen LogP contribution < -0.4 is 0 Å². The van der Waals surface area contributed by atoms with Crippen molar-refractivity contribution in [2.75, 3.05) is 6.61 Å². The second kappa shape index (κ2) is 7.01. The number of rotatable bonds is 3. The van der Waals surface area contributed by atoms with Gasteiger partial charge in [0.1, 0.15) is 42.7 Å². The zero-order chi connectivity index (χ0) is 16.6. The number of hydrogen-bond donors (Lipinski definition) is 7. The third-order valence-electron chi connectivity index (χ3n) is 3.94. The summed E-state index contributed by atoms with van der Waals surface area (Å²) < 4.78 is 15.3. The number of aliphatic hydroxyl groups is 7. The van der Waals surface area contributed by atoms with Gasteiger partial charge in [-0.15, -0.1) is 0 Å². The van der Waals surface area contributed by atoms with Gasteiger partial charge in [0.25, 0.3) is 0 Å². The van der Waals surface area contributed by atoms with Crippen LogP contribution in [0.1, 0.15) is 6.92 Å². The average Bonchev–Trinajstić information content (AvgIpc) is 2.49. The summed E-state index contributed by atoms with van der Waals surface area (Å²) in [5.41, 5.74) is 0. The van der Waals surface area contributed by atoms with Gasteiger partial charge in [-0.2, -0.15) is 0 Å². The van der Waals surface area contributed by atoms with E-state index >= 15 is 0 Å². The Morgan fingerprint density at radius 2 is 1.45 bits per heavy atom. The van der Waals surface area contributed by atoms with E-state index in [0.717, 1.165) is 0 Å². The van der Waals surface area contributed by atoms with E-state index < -0.39 is 68.0 Å². The zero-order valence-electron chi connectivity index (χ0n) is 11.8. The number of ether oxygens (including phenoxy) is 3. The summed E-state index contributed by atoms with van der Waals surface area (Å²) in [6.45, 7) is 0.823. The maximum Gasteiger partial charge on any atom is 0.187 e. The Hall–Kier alpha value is -0.400. The maximum atomic E-state index is 9.93. The normalized spacial score (nSPS) is 53.5. The van der Waals surface area contributed by atoms with Crippen molar-refractivity contribution < 1.29 is 50.0 Å². The van der Waals surface area contributed by atoms with Crippen LogP contribution in [0, 0.1) is 0 Å². The van der Waals surface area contributed by atoms with Gasteiger partial charge >= 0.3 is 0 Å². The lowest BCUT2D eigenvalue weighted by molar-refractivity contribution is -0.358. The molecule has 2 heterocycles. The molecule has 2 aliphatic heterocycles. The van der Waals surface area contributed by atoms with Crippen LogP contribution >= 0.6 is 0 Å². The molecule has 130 valence electrons. The Bertz CT molecular complexity index is 368. The fourth-order valence-corrected chi connectivity index (χ4v) is 2.50. The molecule has 10 heteroatoms. The molecular weight excluding hydrogens is 304 g/mol. The average molecular weight is 326 g/mol. The lowest BCUT2D eigenvalue weighted by Gasteiger charge is -2.44. The highest BCUT2D eigenvalue weighted by Crippen LogP contribution is 2.28. The van der Waals surface area contributed by atoms with E-state index in [-0.39, 0.29) is 0 Å². The predicted molar refractivity (Wildman–Crippen MR) is 67.2 cm³/mol. The zero-order valence-corrected chi connectivity index (χ0v) is 11.8. The van der Waals surface area contributed by atoms with Gasteiger partial charge in [0.15, 0.2) is 12.6 Å². The molecule has 2 fully saturated rings. The van der Waals surface area contributed by atoms with Crippen LogP contribution in [0.4, 0.5) is 0 Å². The Morgan fingerprint density at radius 1 is 0.818 bits per heavy atom. The minimum absolute atomic E-state index is 0.619. The molecular formula is C12H22O10. The van der Waals surface area contributed by atoms with Crippen molar-refractivity contribution in [3.05, 3.63) is 0 Å². The van der Waals surface area contributed by atoms with Gasteiger partial charge in [0, 0.05) is 0 Å². The van der Waals surface area contributed by atoms with Gasteiger partial charge in [-0.05, 0) is 6.92 Å². The number of aliphatic hydroxyl groups excluding tert-OH is 7. The second-order valence-corrected chi connectivity index (χ2v) is 5.51. The van der Waals surface area contributed by atoms with Gasteiger partial charge in [0.2, 0.25) is 0 Å². The predicted octanol–water partition coefficient (Wildman–Crippen LogP) is -4.37. The molecule has 10 atom stereocenters. The van der Waals surface area contributed by atoms with E-state index in [0.29, 0.717) is 0 Å². The molecule has 0 aromatic carbocycles. The highest BCUT2D eigenvalue weighted by atomic mass is 16.7. The molecule has 0 bridgehead atoms. The van der Waals surface area contributed by atoms with E-state index in [2.05, 4.69) is 0 Å². The van der Waals surface area contributed by atoms with Gasteiger partial charge < -0.3 is 50.0 Å². The van der Waals surface area contributed by atoms with Crippen LogP contribution in [-0.4, -0.2) is 104 Å². The molecule has 7 N–H and O–H groups in total. The van der Waals surface area contributed by atoms with Crippen molar-refractivity contribution in [1.29, 1.82) is 0 Å². The Balaban J connectivity index is 2.06. The van der Waals surface area contributed by atoms with Crippen molar-refractivity contribution >= 4 is 0 Å². The van der Waals surface area contributed by atoms with E-state index in [1.54, 1.807) is 0 Å². The summed E-state index contributed by atoms with van der Waals surface area (Å²) in [5, 5.41) is 67.5. The van der Waals surface area contributed by atoms with Crippen molar-refractivity contribution in [1.82, 2.24) is 0 Å². The van der Waals surface area contributed by atoms with Crippen LogP contribution in [0.2, 0.25) is 0 Å². The second-order valence-electron chi connectivity index (χ2n) is 5.51. The van der Waals surface area contributed by atoms with Gasteiger partial charge in [0.05, 0.1) is 12.7 Å². The third-order valence-corrected chi connectivity index (χ3v) is 3.94. The first-order chi connectivity index (χ1) is 10.3. The highest BCUT2D eigenvalue weighted by molar-refractivity contribution is 4.92. The summed E-state index contributed by atoms with van der Waals surface area (Å²) in [6.07, 6.45) is -14.3. The SMILES string of the molecule is C[C@@H]1O[C@H](O[C@@H]2[C@@H](O)[C@@H](O)[C@@H](CO)O[C@H]2O)[C@@H](O)[C@H](O)[C@@H]1O. The molecule has 22 heavy (non-hydrogen) atoms. The Kier molecular flexibility index (Phi) is 5.72. The fraction of sp³-hybridized carbons (Fsp3) is 1.00. The molecule has 0 spiro atoms. The molecule has 0 aliphatic carbocycles. The fourth-order valence-electron chi connectivity index (χ4n) is 2.50. The van der Waals surface area contributed by atoms with Crippen molar-refractivity contribution in [2.45, 2.75) is 68.3 Å². The van der Waals surface area contributed by atoms with Crippen LogP contribution in [0.15, 0.2) is 0 Å². The summed E-state index contributed by atoms with van der Waals surface area (Å²) in [5.74, 6) is 0. The summed E-state index contributed by atoms with van der Waals surface area (Å²) in [4.78, 5) is 0. The molecule has 0 aromatic rings. The summed E-state index contributed by atoms with van der Waals surface area (Å²) >= 11 is 0. The quantitative estimate of drug-likeness (QED) is 0.269. The topological polar surface area (TPSA) is 169 Å². The molecule has 0 radical (unpaired) electrons. The maximum absolute atomic E-state index is 9.93. The van der Waals surface area contributed by atoms with Crippen molar-refractivity contribution in [3.8, 4) is 0 Å². The van der Waals surface area contributed by atoms with Crippen LogP contribution in [0.3, 0.4) is 0 Å². The Morgan fingerprint density at radius 3 is 2.05 bits per heavy atom. The number of hydrogen-bond acceptors (Lipinski definition) is 10. The molecule has 2 rings (SSSR count). The monoisotopic (exact) mass is 326 g/mol. The highest BCUT2D eigenvalue weighted by Gasteiger charge is 2.49. The van der Waals surface area contributed by atoms with E-state index in [4.69, 9.17) is 19.3 Å². The molecule has 0 unspecified atom stereocenters. The first-order valence-electron chi connectivity index (χ1n) is 6.93. The Labute approximate surface area is 126 Å². The third kappa shape index (κ3) is 3.26. The van der Waals surface area contributed by atoms with Gasteiger partial charge in [-0.1, -0.05) is 0 Å². The smallest absolute Gasteiger partial charge is 0.187 e. The van der Waals surface area contributed by atoms with Crippen LogP contribution in [0.5, 0.6) is 0 Å². The van der Waals surface area contributed by atoms with Crippen molar-refractivity contribution in [2.24, 2.45) is 0 Å². The lowest BCUT2D eigenvalue weighted by atomic mass is 9.97. The summed E-state index contributed by atoms with van der Waals surface area (Å²) in [7, 11) is 0. The molecule has 0 aromatic heterocycles. The van der Waals surface area contributed by atoms with E-state index in [1.165, 1.54) is 6.92 Å². The van der Waals surface area contributed by atoms with E-state index in [1.807, 2.05) is 0 Å². The first-order valence-corrected chi connectivity index (χ1v) is 6.93. The lowest BCUT2D eigenvalue weighted by Crippen LogP contribution is -2.63. The minimum Gasteiger partial charge on any atom is -0.394 e. The first kappa shape index (κ1) is 17.9. The van der Waals surface area contributed by atoms with Gasteiger partial charge in [-0.25, -0.2) is 0 Å². The molecule has 2 aliphatic rings. The summed E-state index contributed by atoms with van der Waals surface area (Å²) in [6, 6.07) is 0. The largest absolute Gasteiger partial charge is 0.394 e. The molecule has 0 saturated carbocycles. The molecule has 2 saturated heterocycles. The van der Waals surface area contributed by atoms with E-state index in [9.17, 15) is 30.6 Å².